The van der Waals surface area contributed by atoms with E-state index in [0.717, 1.165) is 0 Å². The SMILES string of the molecule is c1cc(C2CCN2)sc1C1CCN1. The van der Waals surface area contributed by atoms with Crippen molar-refractivity contribution in [3.8, 4) is 0 Å². The summed E-state index contributed by atoms with van der Waals surface area (Å²) in [6.45, 7) is 2.39. The number of nitrogens with one attached hydrogen (secondary N) is 2. The van der Waals surface area contributed by atoms with Crippen LogP contribution in [0.1, 0.15) is 34.7 Å². The molecule has 2 nitrogen and oxygen atoms in total. The molecule has 13 heavy (non-hydrogen) atoms. The molecule has 2 atom stereocenters. The zero-order chi connectivity index (χ0) is 8.67. The Morgan fingerprint density at radius 3 is 1.77 bits per heavy atom. The normalized spacial score (nSPS) is 32.3. The molecule has 2 aliphatic heterocycles. The van der Waals surface area contributed by atoms with Crippen LogP contribution in [0.2, 0.25) is 0 Å². The monoisotopic (exact) mass is 194 g/mol. The van der Waals surface area contributed by atoms with Gasteiger partial charge in [0.1, 0.15) is 0 Å². The van der Waals surface area contributed by atoms with E-state index >= 15 is 0 Å². The van der Waals surface area contributed by atoms with Crippen molar-refractivity contribution in [2.24, 2.45) is 0 Å². The molecule has 2 fully saturated rings. The molecule has 3 heterocycles. The molecule has 70 valence electrons. The highest BCUT2D eigenvalue weighted by atomic mass is 32.1. The van der Waals surface area contributed by atoms with Crippen LogP contribution in [0, 0.1) is 0 Å². The fraction of sp³-hybridized carbons (Fsp3) is 0.600. The molecule has 2 N–H and O–H groups in total. The Hall–Kier alpha value is -0.380. The molecular formula is C10H14N2S. The fourth-order valence-corrected chi connectivity index (χ4v) is 3.04. The molecule has 0 bridgehead atoms. The minimum Gasteiger partial charge on any atom is -0.309 e. The second-order valence-corrected chi connectivity index (χ2v) is 4.98. The first kappa shape index (κ1) is 7.97. The van der Waals surface area contributed by atoms with E-state index in [-0.39, 0.29) is 0 Å². The van der Waals surface area contributed by atoms with Crippen LogP contribution in [0.25, 0.3) is 0 Å². The van der Waals surface area contributed by atoms with Gasteiger partial charge >= 0.3 is 0 Å². The first-order valence-electron chi connectivity index (χ1n) is 5.00. The quantitative estimate of drug-likeness (QED) is 0.750. The molecule has 0 aromatic carbocycles. The van der Waals surface area contributed by atoms with Crippen molar-refractivity contribution in [2.75, 3.05) is 13.1 Å². The van der Waals surface area contributed by atoms with Gasteiger partial charge in [0.05, 0.1) is 0 Å². The zero-order valence-corrected chi connectivity index (χ0v) is 8.36. The second kappa shape index (κ2) is 3.08. The topological polar surface area (TPSA) is 24.1 Å². The molecule has 1 aromatic rings. The van der Waals surface area contributed by atoms with Gasteiger partial charge in [-0.15, -0.1) is 11.3 Å². The molecule has 1 aromatic heterocycles. The molecule has 0 aliphatic carbocycles. The summed E-state index contributed by atoms with van der Waals surface area (Å²) in [4.78, 5) is 3.05. The van der Waals surface area contributed by atoms with Crippen LogP contribution < -0.4 is 10.6 Å². The van der Waals surface area contributed by atoms with Crippen molar-refractivity contribution in [1.82, 2.24) is 10.6 Å². The molecule has 3 rings (SSSR count). The van der Waals surface area contributed by atoms with Gasteiger partial charge in [0.25, 0.3) is 0 Å². The standard InChI is InChI=1S/C10H14N2S/c1-2-10(8-4-6-12-8)13-9(1)7-3-5-11-7/h1-2,7-8,11-12H,3-6H2. The van der Waals surface area contributed by atoms with Gasteiger partial charge in [-0.1, -0.05) is 0 Å². The summed E-state index contributed by atoms with van der Waals surface area (Å²) in [5.74, 6) is 0. The largest absolute Gasteiger partial charge is 0.309 e. The van der Waals surface area contributed by atoms with Crippen molar-refractivity contribution in [3.05, 3.63) is 21.9 Å². The fourth-order valence-electron chi connectivity index (χ4n) is 1.81. The Kier molecular flexibility index (Phi) is 1.89. The maximum atomic E-state index is 3.44. The van der Waals surface area contributed by atoms with Gasteiger partial charge in [-0.05, 0) is 38.1 Å². The molecule has 0 amide bonds. The lowest BCUT2D eigenvalue weighted by Gasteiger charge is -2.28. The molecule has 0 radical (unpaired) electrons. The maximum Gasteiger partial charge on any atom is 0.0427 e. The lowest BCUT2D eigenvalue weighted by atomic mass is 10.0. The van der Waals surface area contributed by atoms with E-state index in [4.69, 9.17) is 0 Å². The van der Waals surface area contributed by atoms with Gasteiger partial charge in [-0.2, -0.15) is 0 Å². The summed E-state index contributed by atoms with van der Waals surface area (Å²) < 4.78 is 0. The third-order valence-corrected chi connectivity index (χ3v) is 4.29. The number of rotatable bonds is 2. The lowest BCUT2D eigenvalue weighted by Crippen LogP contribution is -2.35. The number of thiophene rings is 1. The average molecular weight is 194 g/mol. The molecule has 3 heteroatoms. The van der Waals surface area contributed by atoms with Crippen LogP contribution in [0.3, 0.4) is 0 Å². The van der Waals surface area contributed by atoms with Crippen LogP contribution >= 0.6 is 11.3 Å². The Bertz CT molecular complexity index is 271. The van der Waals surface area contributed by atoms with Crippen molar-refractivity contribution >= 4 is 11.3 Å². The molecule has 2 unspecified atom stereocenters. The zero-order valence-electron chi connectivity index (χ0n) is 7.55. The van der Waals surface area contributed by atoms with Gasteiger partial charge in [0, 0.05) is 21.8 Å². The molecule has 0 saturated carbocycles. The van der Waals surface area contributed by atoms with Gasteiger partial charge in [0.2, 0.25) is 0 Å². The molecule has 0 spiro atoms. The van der Waals surface area contributed by atoms with Crippen LogP contribution in [-0.2, 0) is 0 Å². The highest BCUT2D eigenvalue weighted by Gasteiger charge is 2.24. The van der Waals surface area contributed by atoms with E-state index in [1.807, 2.05) is 11.3 Å². The van der Waals surface area contributed by atoms with Crippen LogP contribution in [0.5, 0.6) is 0 Å². The first-order chi connectivity index (χ1) is 6.43. The Morgan fingerprint density at radius 1 is 1.00 bits per heavy atom. The van der Waals surface area contributed by atoms with Crippen molar-refractivity contribution in [3.63, 3.8) is 0 Å². The second-order valence-electron chi connectivity index (χ2n) is 3.83. The van der Waals surface area contributed by atoms with Gasteiger partial charge in [-0.25, -0.2) is 0 Å². The average Bonchev–Trinajstić information content (AvgIpc) is 2.29. The summed E-state index contributed by atoms with van der Waals surface area (Å²) in [6, 6.07) is 5.91. The van der Waals surface area contributed by atoms with Crippen LogP contribution in [-0.4, -0.2) is 13.1 Å². The van der Waals surface area contributed by atoms with E-state index in [0.29, 0.717) is 12.1 Å². The van der Waals surface area contributed by atoms with Gasteiger partial charge in [0.15, 0.2) is 0 Å². The minimum atomic E-state index is 0.666. The number of hydrogen-bond donors (Lipinski definition) is 2. The third kappa shape index (κ3) is 1.31. The van der Waals surface area contributed by atoms with E-state index in [9.17, 15) is 0 Å². The van der Waals surface area contributed by atoms with Crippen molar-refractivity contribution in [1.29, 1.82) is 0 Å². The van der Waals surface area contributed by atoms with Crippen molar-refractivity contribution in [2.45, 2.75) is 24.9 Å². The van der Waals surface area contributed by atoms with E-state index in [1.54, 1.807) is 0 Å². The highest BCUT2D eigenvalue weighted by Crippen LogP contribution is 2.34. The van der Waals surface area contributed by atoms with E-state index in [2.05, 4.69) is 22.8 Å². The summed E-state index contributed by atoms with van der Waals surface area (Å²) in [6.07, 6.45) is 2.64. The third-order valence-electron chi connectivity index (χ3n) is 2.98. The highest BCUT2D eigenvalue weighted by molar-refractivity contribution is 7.12. The summed E-state index contributed by atoms with van der Waals surface area (Å²) in [7, 11) is 0. The molecular weight excluding hydrogens is 180 g/mol. The van der Waals surface area contributed by atoms with Crippen LogP contribution in [0.15, 0.2) is 12.1 Å². The lowest BCUT2D eigenvalue weighted by molar-refractivity contribution is 0.387. The van der Waals surface area contributed by atoms with Gasteiger partial charge < -0.3 is 10.6 Å². The van der Waals surface area contributed by atoms with Crippen molar-refractivity contribution < 1.29 is 0 Å². The maximum absolute atomic E-state index is 3.44. The van der Waals surface area contributed by atoms with Crippen LogP contribution in [0.4, 0.5) is 0 Å². The first-order valence-corrected chi connectivity index (χ1v) is 5.81. The Labute approximate surface area is 82.3 Å². The summed E-state index contributed by atoms with van der Waals surface area (Å²) >= 11 is 1.98. The van der Waals surface area contributed by atoms with E-state index in [1.165, 1.54) is 35.7 Å². The predicted molar refractivity (Wildman–Crippen MR) is 55.0 cm³/mol. The van der Waals surface area contributed by atoms with E-state index < -0.39 is 0 Å². The molecule has 2 saturated heterocycles. The predicted octanol–water partition coefficient (Wildman–Crippen LogP) is 1.82. The molecule has 2 aliphatic rings. The van der Waals surface area contributed by atoms with Gasteiger partial charge in [-0.3, -0.25) is 0 Å². The minimum absolute atomic E-state index is 0.666. The smallest absolute Gasteiger partial charge is 0.0427 e. The summed E-state index contributed by atoms with van der Waals surface area (Å²) in [5, 5.41) is 6.88. The summed E-state index contributed by atoms with van der Waals surface area (Å²) in [5.41, 5.74) is 0. The number of hydrogen-bond acceptors (Lipinski definition) is 3. The Morgan fingerprint density at radius 2 is 1.46 bits per heavy atom. The Balaban J connectivity index is 1.76.